The van der Waals surface area contributed by atoms with E-state index in [1.165, 1.54) is 0 Å². The molecule has 0 N–H and O–H groups in total. The standard InChI is InChI=1S/C13H12F3N3O2/c14-13(15,16)10-1-2-11(12(7-10)19(20)21)18-5-3-9(8-17)4-6-18/h1-2,7,9H,3-6H2. The van der Waals surface area contributed by atoms with Crippen molar-refractivity contribution in [3.05, 3.63) is 33.9 Å². The van der Waals surface area contributed by atoms with Crippen LogP contribution in [0.1, 0.15) is 18.4 Å². The maximum atomic E-state index is 12.6. The van der Waals surface area contributed by atoms with Gasteiger partial charge in [-0.3, -0.25) is 10.1 Å². The van der Waals surface area contributed by atoms with Crippen molar-refractivity contribution >= 4 is 11.4 Å². The quantitative estimate of drug-likeness (QED) is 0.620. The Bertz CT molecular complexity index is 587. The molecule has 0 spiro atoms. The van der Waals surface area contributed by atoms with Gasteiger partial charge in [-0.05, 0) is 25.0 Å². The molecule has 21 heavy (non-hydrogen) atoms. The van der Waals surface area contributed by atoms with Crippen molar-refractivity contribution < 1.29 is 18.1 Å². The summed E-state index contributed by atoms with van der Waals surface area (Å²) in [5, 5.41) is 19.8. The van der Waals surface area contributed by atoms with Crippen molar-refractivity contribution in [2.75, 3.05) is 18.0 Å². The van der Waals surface area contributed by atoms with Crippen molar-refractivity contribution in [1.82, 2.24) is 0 Å². The minimum absolute atomic E-state index is 0.102. The van der Waals surface area contributed by atoms with Crippen LogP contribution in [0.15, 0.2) is 18.2 Å². The molecule has 112 valence electrons. The first-order valence-corrected chi connectivity index (χ1v) is 6.33. The Labute approximate surface area is 118 Å². The van der Waals surface area contributed by atoms with Crippen LogP contribution < -0.4 is 4.90 Å². The topological polar surface area (TPSA) is 70.2 Å². The summed E-state index contributed by atoms with van der Waals surface area (Å²) >= 11 is 0. The average Bonchev–Trinajstić information content (AvgIpc) is 2.45. The van der Waals surface area contributed by atoms with Crippen molar-refractivity contribution in [3.63, 3.8) is 0 Å². The number of nitro benzene ring substituents is 1. The summed E-state index contributed by atoms with van der Waals surface area (Å²) in [5.74, 6) is -0.102. The molecule has 0 atom stereocenters. The summed E-state index contributed by atoms with van der Waals surface area (Å²) in [6.07, 6.45) is -3.51. The third-order valence-electron chi connectivity index (χ3n) is 3.52. The predicted molar refractivity (Wildman–Crippen MR) is 68.6 cm³/mol. The van der Waals surface area contributed by atoms with Gasteiger partial charge in [-0.25, -0.2) is 0 Å². The van der Waals surface area contributed by atoms with E-state index in [2.05, 4.69) is 6.07 Å². The minimum Gasteiger partial charge on any atom is -0.366 e. The van der Waals surface area contributed by atoms with E-state index in [1.807, 2.05) is 0 Å². The van der Waals surface area contributed by atoms with E-state index in [0.717, 1.165) is 12.1 Å². The highest BCUT2D eigenvalue weighted by Crippen LogP contribution is 2.37. The fourth-order valence-electron chi connectivity index (χ4n) is 2.36. The molecule has 1 aromatic rings. The number of nitrogens with zero attached hydrogens (tertiary/aromatic N) is 3. The first-order valence-electron chi connectivity index (χ1n) is 6.33. The lowest BCUT2D eigenvalue weighted by Gasteiger charge is -2.30. The number of nitriles is 1. The molecule has 0 amide bonds. The summed E-state index contributed by atoms with van der Waals surface area (Å²) in [5.41, 5.74) is -1.42. The molecule has 0 bridgehead atoms. The maximum absolute atomic E-state index is 12.6. The number of benzene rings is 1. The molecular weight excluding hydrogens is 287 g/mol. The summed E-state index contributed by atoms with van der Waals surface area (Å²) in [7, 11) is 0. The van der Waals surface area contributed by atoms with Crippen LogP contribution in [0.25, 0.3) is 0 Å². The number of alkyl halides is 3. The van der Waals surface area contributed by atoms with Gasteiger partial charge in [0, 0.05) is 25.1 Å². The second kappa shape index (κ2) is 5.60. The molecule has 8 heteroatoms. The zero-order valence-corrected chi connectivity index (χ0v) is 10.9. The summed E-state index contributed by atoms with van der Waals surface area (Å²) in [6.45, 7) is 0.842. The van der Waals surface area contributed by atoms with Gasteiger partial charge in [0.15, 0.2) is 0 Å². The minimum atomic E-state index is -4.61. The van der Waals surface area contributed by atoms with Gasteiger partial charge in [0.1, 0.15) is 5.69 Å². The first kappa shape index (κ1) is 15.1. The van der Waals surface area contributed by atoms with Gasteiger partial charge in [0.2, 0.25) is 0 Å². The van der Waals surface area contributed by atoms with E-state index in [1.54, 1.807) is 4.90 Å². The molecule has 0 aliphatic carbocycles. The van der Waals surface area contributed by atoms with Crippen LogP contribution in [0, 0.1) is 27.4 Å². The van der Waals surface area contributed by atoms with Crippen molar-refractivity contribution in [1.29, 1.82) is 5.26 Å². The van der Waals surface area contributed by atoms with E-state index < -0.39 is 22.4 Å². The van der Waals surface area contributed by atoms with Crippen LogP contribution in [0.4, 0.5) is 24.5 Å². The third-order valence-corrected chi connectivity index (χ3v) is 3.52. The number of rotatable bonds is 2. The summed E-state index contributed by atoms with van der Waals surface area (Å²) in [4.78, 5) is 11.9. The fraction of sp³-hybridized carbons (Fsp3) is 0.462. The Morgan fingerprint density at radius 2 is 1.95 bits per heavy atom. The van der Waals surface area contributed by atoms with Gasteiger partial charge < -0.3 is 4.90 Å². The number of piperidine rings is 1. The van der Waals surface area contributed by atoms with E-state index in [0.29, 0.717) is 32.0 Å². The molecule has 1 aromatic carbocycles. The lowest BCUT2D eigenvalue weighted by atomic mass is 9.98. The SMILES string of the molecule is N#CC1CCN(c2ccc(C(F)(F)F)cc2[N+](=O)[O-])CC1. The van der Waals surface area contributed by atoms with E-state index in [4.69, 9.17) is 5.26 Å². The predicted octanol–water partition coefficient (Wildman–Crippen LogP) is 3.35. The zero-order valence-electron chi connectivity index (χ0n) is 10.9. The van der Waals surface area contributed by atoms with Crippen LogP contribution in [0.3, 0.4) is 0 Å². The molecule has 1 fully saturated rings. The first-order chi connectivity index (χ1) is 9.82. The molecule has 2 rings (SSSR count). The number of hydrogen-bond donors (Lipinski definition) is 0. The van der Waals surface area contributed by atoms with Crippen LogP contribution in [-0.4, -0.2) is 18.0 Å². The smallest absolute Gasteiger partial charge is 0.366 e. The highest BCUT2D eigenvalue weighted by molar-refractivity contribution is 5.64. The van der Waals surface area contributed by atoms with Gasteiger partial charge in [0.05, 0.1) is 16.6 Å². The second-order valence-electron chi connectivity index (χ2n) is 4.85. The second-order valence-corrected chi connectivity index (χ2v) is 4.85. The normalized spacial score (nSPS) is 16.6. The van der Waals surface area contributed by atoms with Gasteiger partial charge in [-0.1, -0.05) is 0 Å². The number of anilines is 1. The highest BCUT2D eigenvalue weighted by atomic mass is 19.4. The monoisotopic (exact) mass is 299 g/mol. The molecule has 0 unspecified atom stereocenters. The molecule has 1 saturated heterocycles. The lowest BCUT2D eigenvalue weighted by Crippen LogP contribution is -2.33. The van der Waals surface area contributed by atoms with Gasteiger partial charge in [0.25, 0.3) is 5.69 Å². The van der Waals surface area contributed by atoms with Crippen LogP contribution >= 0.6 is 0 Å². The van der Waals surface area contributed by atoms with Crippen molar-refractivity contribution in [2.45, 2.75) is 19.0 Å². The molecule has 1 heterocycles. The molecule has 0 aromatic heterocycles. The van der Waals surface area contributed by atoms with E-state index in [-0.39, 0.29) is 11.6 Å². The van der Waals surface area contributed by atoms with E-state index >= 15 is 0 Å². The Morgan fingerprint density at radius 1 is 1.33 bits per heavy atom. The largest absolute Gasteiger partial charge is 0.416 e. The van der Waals surface area contributed by atoms with Gasteiger partial charge in [-0.2, -0.15) is 18.4 Å². The Balaban J connectivity index is 2.32. The Morgan fingerprint density at radius 3 is 2.43 bits per heavy atom. The average molecular weight is 299 g/mol. The number of halogens is 3. The van der Waals surface area contributed by atoms with Gasteiger partial charge >= 0.3 is 6.18 Å². The Hall–Kier alpha value is -2.30. The maximum Gasteiger partial charge on any atom is 0.416 e. The lowest BCUT2D eigenvalue weighted by molar-refractivity contribution is -0.384. The molecule has 5 nitrogen and oxygen atoms in total. The molecule has 1 aliphatic rings. The van der Waals surface area contributed by atoms with Crippen molar-refractivity contribution in [3.8, 4) is 6.07 Å². The van der Waals surface area contributed by atoms with Gasteiger partial charge in [-0.15, -0.1) is 0 Å². The third kappa shape index (κ3) is 3.24. The number of nitro groups is 1. The highest BCUT2D eigenvalue weighted by Gasteiger charge is 2.34. The fourth-order valence-corrected chi connectivity index (χ4v) is 2.36. The van der Waals surface area contributed by atoms with Crippen LogP contribution in [-0.2, 0) is 6.18 Å². The summed E-state index contributed by atoms with van der Waals surface area (Å²) in [6, 6.07) is 4.67. The summed E-state index contributed by atoms with van der Waals surface area (Å²) < 4.78 is 37.9. The van der Waals surface area contributed by atoms with Crippen LogP contribution in [0.5, 0.6) is 0 Å². The van der Waals surface area contributed by atoms with E-state index in [9.17, 15) is 23.3 Å². The molecular formula is C13H12F3N3O2. The van der Waals surface area contributed by atoms with Crippen LogP contribution in [0.2, 0.25) is 0 Å². The zero-order chi connectivity index (χ0) is 15.6. The van der Waals surface area contributed by atoms with Crippen molar-refractivity contribution in [2.24, 2.45) is 5.92 Å². The molecule has 0 saturated carbocycles. The molecule has 1 aliphatic heterocycles. The molecule has 0 radical (unpaired) electrons. The number of hydrogen-bond acceptors (Lipinski definition) is 4. The Kier molecular flexibility index (Phi) is 4.02.